The molecule has 0 aliphatic heterocycles. The molecule has 0 amide bonds. The summed E-state index contributed by atoms with van der Waals surface area (Å²) in [6.07, 6.45) is 0. The minimum Gasteiger partial charge on any atom is -0.503 e. The number of hydrogen-bond acceptors (Lipinski definition) is 4. The minimum atomic E-state index is -1.01. The standard InChI is InChI=1S/C20H17F2NO3/c1-25-15-5-7-16(8-6-15)26-17-4-2-3-13(9-17)12-23-14-10-18(21)20(24)19(22)11-14/h2-11,23-24H,12H2,1H3. The van der Waals surface area contributed by atoms with Crippen LogP contribution in [0.1, 0.15) is 5.56 Å². The predicted molar refractivity (Wildman–Crippen MR) is 94.9 cm³/mol. The van der Waals surface area contributed by atoms with Crippen molar-refractivity contribution in [1.82, 2.24) is 0 Å². The van der Waals surface area contributed by atoms with Crippen LogP contribution in [0.25, 0.3) is 0 Å². The summed E-state index contributed by atoms with van der Waals surface area (Å²) in [5, 5.41) is 12.0. The quantitative estimate of drug-likeness (QED) is 0.604. The molecule has 26 heavy (non-hydrogen) atoms. The molecule has 0 bridgehead atoms. The van der Waals surface area contributed by atoms with Crippen LogP contribution in [0.15, 0.2) is 60.7 Å². The largest absolute Gasteiger partial charge is 0.503 e. The fourth-order valence-corrected chi connectivity index (χ4v) is 2.37. The zero-order valence-electron chi connectivity index (χ0n) is 14.0. The Morgan fingerprint density at radius 2 is 1.54 bits per heavy atom. The fourth-order valence-electron chi connectivity index (χ4n) is 2.37. The van der Waals surface area contributed by atoms with Gasteiger partial charge in [-0.15, -0.1) is 0 Å². The van der Waals surface area contributed by atoms with Crippen LogP contribution < -0.4 is 14.8 Å². The number of aromatic hydroxyl groups is 1. The van der Waals surface area contributed by atoms with Crippen LogP contribution >= 0.6 is 0 Å². The summed E-state index contributed by atoms with van der Waals surface area (Å²) in [7, 11) is 1.60. The molecule has 6 heteroatoms. The van der Waals surface area contributed by atoms with E-state index in [1.165, 1.54) is 0 Å². The van der Waals surface area contributed by atoms with Crippen molar-refractivity contribution in [3.63, 3.8) is 0 Å². The zero-order chi connectivity index (χ0) is 18.5. The van der Waals surface area contributed by atoms with Gasteiger partial charge in [-0.25, -0.2) is 8.78 Å². The van der Waals surface area contributed by atoms with E-state index in [9.17, 15) is 8.78 Å². The van der Waals surface area contributed by atoms with Crippen molar-refractivity contribution in [3.05, 3.63) is 77.9 Å². The number of hydrogen-bond donors (Lipinski definition) is 2. The zero-order valence-corrected chi connectivity index (χ0v) is 14.0. The van der Waals surface area contributed by atoms with Crippen molar-refractivity contribution in [2.24, 2.45) is 0 Å². The maximum absolute atomic E-state index is 13.4. The molecular weight excluding hydrogens is 340 g/mol. The van der Waals surface area contributed by atoms with E-state index in [1.54, 1.807) is 31.4 Å². The van der Waals surface area contributed by atoms with E-state index in [0.29, 0.717) is 18.0 Å². The number of halogens is 2. The Morgan fingerprint density at radius 3 is 2.19 bits per heavy atom. The lowest BCUT2D eigenvalue weighted by atomic mass is 10.2. The van der Waals surface area contributed by atoms with Gasteiger partial charge in [-0.3, -0.25) is 0 Å². The second kappa shape index (κ2) is 7.74. The number of phenolic OH excluding ortho intramolecular Hbond substituents is 1. The molecule has 0 fully saturated rings. The number of methoxy groups -OCH3 is 1. The van der Waals surface area contributed by atoms with Gasteiger partial charge in [0.1, 0.15) is 17.2 Å². The first kappa shape index (κ1) is 17.5. The second-order valence-corrected chi connectivity index (χ2v) is 5.57. The van der Waals surface area contributed by atoms with E-state index in [0.717, 1.165) is 23.4 Å². The number of anilines is 1. The summed E-state index contributed by atoms with van der Waals surface area (Å²) in [6, 6.07) is 16.6. The lowest BCUT2D eigenvalue weighted by Crippen LogP contribution is -2.01. The van der Waals surface area contributed by atoms with Crippen LogP contribution in [0.4, 0.5) is 14.5 Å². The number of benzene rings is 3. The van der Waals surface area contributed by atoms with Gasteiger partial charge >= 0.3 is 0 Å². The normalized spacial score (nSPS) is 10.4. The second-order valence-electron chi connectivity index (χ2n) is 5.57. The van der Waals surface area contributed by atoms with Gasteiger partial charge in [0.25, 0.3) is 0 Å². The molecule has 3 aromatic carbocycles. The smallest absolute Gasteiger partial charge is 0.187 e. The Labute approximate surface area is 149 Å². The third-order valence-corrected chi connectivity index (χ3v) is 3.71. The van der Waals surface area contributed by atoms with Gasteiger partial charge in [0.2, 0.25) is 0 Å². The van der Waals surface area contributed by atoms with Crippen molar-refractivity contribution in [2.75, 3.05) is 12.4 Å². The van der Waals surface area contributed by atoms with E-state index in [4.69, 9.17) is 14.6 Å². The van der Waals surface area contributed by atoms with Crippen LogP contribution in [0.3, 0.4) is 0 Å². The summed E-state index contributed by atoms with van der Waals surface area (Å²) in [4.78, 5) is 0. The molecule has 0 aromatic heterocycles. The number of rotatable bonds is 6. The molecule has 0 spiro atoms. The molecular formula is C20H17F2NO3. The molecule has 0 aliphatic rings. The van der Waals surface area contributed by atoms with Crippen LogP contribution in [0.5, 0.6) is 23.0 Å². The van der Waals surface area contributed by atoms with Gasteiger partial charge < -0.3 is 19.9 Å². The van der Waals surface area contributed by atoms with Crippen molar-refractivity contribution in [3.8, 4) is 23.0 Å². The molecule has 134 valence electrons. The van der Waals surface area contributed by atoms with Crippen molar-refractivity contribution < 1.29 is 23.4 Å². The van der Waals surface area contributed by atoms with E-state index < -0.39 is 17.4 Å². The van der Waals surface area contributed by atoms with Gasteiger partial charge in [0.05, 0.1) is 7.11 Å². The van der Waals surface area contributed by atoms with Gasteiger partial charge in [-0.05, 0) is 42.0 Å². The molecule has 3 rings (SSSR count). The molecule has 0 heterocycles. The maximum atomic E-state index is 13.4. The fraction of sp³-hybridized carbons (Fsp3) is 0.100. The van der Waals surface area contributed by atoms with Crippen LogP contribution in [-0.2, 0) is 6.54 Å². The first-order chi connectivity index (χ1) is 12.5. The minimum absolute atomic E-state index is 0.235. The number of ether oxygens (including phenoxy) is 2. The molecule has 0 aliphatic carbocycles. The highest BCUT2D eigenvalue weighted by Gasteiger charge is 2.09. The number of nitrogens with one attached hydrogen (secondary N) is 1. The Bertz CT molecular complexity index is 875. The number of phenols is 1. The third kappa shape index (κ3) is 4.22. The van der Waals surface area contributed by atoms with E-state index >= 15 is 0 Å². The van der Waals surface area contributed by atoms with Gasteiger partial charge in [0, 0.05) is 24.4 Å². The monoisotopic (exact) mass is 357 g/mol. The Balaban J connectivity index is 1.67. The van der Waals surface area contributed by atoms with Crippen molar-refractivity contribution in [1.29, 1.82) is 0 Å². The molecule has 0 saturated heterocycles. The Morgan fingerprint density at radius 1 is 0.885 bits per heavy atom. The summed E-state index contributed by atoms with van der Waals surface area (Å²) >= 11 is 0. The van der Waals surface area contributed by atoms with Crippen molar-refractivity contribution >= 4 is 5.69 Å². The Hall–Kier alpha value is -3.28. The van der Waals surface area contributed by atoms with Crippen LogP contribution in [0.2, 0.25) is 0 Å². The molecule has 0 atom stereocenters. The maximum Gasteiger partial charge on any atom is 0.187 e. The Kier molecular flexibility index (Phi) is 5.22. The van der Waals surface area contributed by atoms with Crippen LogP contribution in [0, 0.1) is 11.6 Å². The topological polar surface area (TPSA) is 50.7 Å². The molecule has 0 radical (unpaired) electrons. The lowest BCUT2D eigenvalue weighted by Gasteiger charge is -2.10. The van der Waals surface area contributed by atoms with Crippen molar-refractivity contribution in [2.45, 2.75) is 6.54 Å². The average molecular weight is 357 g/mol. The van der Waals surface area contributed by atoms with Gasteiger partial charge in [-0.2, -0.15) is 0 Å². The molecule has 0 unspecified atom stereocenters. The van der Waals surface area contributed by atoms with E-state index in [1.807, 2.05) is 24.3 Å². The highest BCUT2D eigenvalue weighted by atomic mass is 19.1. The summed E-state index contributed by atoms with van der Waals surface area (Å²) in [5.41, 5.74) is 1.10. The van der Waals surface area contributed by atoms with E-state index in [2.05, 4.69) is 5.32 Å². The van der Waals surface area contributed by atoms with Gasteiger partial charge in [0.15, 0.2) is 17.4 Å². The molecule has 3 aromatic rings. The predicted octanol–water partition coefficient (Wildman–Crippen LogP) is 5.08. The third-order valence-electron chi connectivity index (χ3n) is 3.71. The first-order valence-electron chi connectivity index (χ1n) is 7.88. The first-order valence-corrected chi connectivity index (χ1v) is 7.88. The van der Waals surface area contributed by atoms with Crippen LogP contribution in [-0.4, -0.2) is 12.2 Å². The SMILES string of the molecule is COc1ccc(Oc2cccc(CNc3cc(F)c(O)c(F)c3)c2)cc1. The molecule has 0 saturated carbocycles. The highest BCUT2D eigenvalue weighted by molar-refractivity contribution is 5.48. The lowest BCUT2D eigenvalue weighted by molar-refractivity contribution is 0.396. The average Bonchev–Trinajstić information content (AvgIpc) is 2.65. The van der Waals surface area contributed by atoms with E-state index in [-0.39, 0.29) is 5.69 Å². The molecule has 4 nitrogen and oxygen atoms in total. The molecule has 2 N–H and O–H groups in total. The highest BCUT2D eigenvalue weighted by Crippen LogP contribution is 2.26. The summed E-state index contributed by atoms with van der Waals surface area (Å²) < 4.78 is 37.6. The summed E-state index contributed by atoms with van der Waals surface area (Å²) in [6.45, 7) is 0.337. The summed E-state index contributed by atoms with van der Waals surface area (Å²) in [5.74, 6) is -0.960. The van der Waals surface area contributed by atoms with Gasteiger partial charge in [-0.1, -0.05) is 12.1 Å².